The molecule has 0 bridgehead atoms. The minimum absolute atomic E-state index is 0.897. The van der Waals surface area contributed by atoms with Crippen molar-refractivity contribution in [3.05, 3.63) is 0 Å². The largest absolute Gasteiger partial charge is 0.385 e. The van der Waals surface area contributed by atoms with Crippen molar-refractivity contribution in [2.24, 2.45) is 0 Å². The molecule has 0 atom stereocenters. The summed E-state index contributed by atoms with van der Waals surface area (Å²) in [6.07, 6.45) is 1.17. The van der Waals surface area contributed by atoms with E-state index in [1.165, 1.54) is 45.7 Å². The van der Waals surface area contributed by atoms with E-state index in [2.05, 4.69) is 16.7 Å². The first kappa shape index (κ1) is 11.0. The van der Waals surface area contributed by atoms with E-state index in [4.69, 9.17) is 4.74 Å². The summed E-state index contributed by atoms with van der Waals surface area (Å²) in [4.78, 5) is 5.04. The van der Waals surface area contributed by atoms with Crippen LogP contribution in [-0.2, 0) is 4.74 Å². The highest BCUT2D eigenvalue weighted by Gasteiger charge is 2.14. The molecule has 1 aliphatic rings. The van der Waals surface area contributed by atoms with Crippen LogP contribution in [0.4, 0.5) is 0 Å². The Balaban J connectivity index is 2.03. The first-order chi connectivity index (χ1) is 6.36. The van der Waals surface area contributed by atoms with Gasteiger partial charge in [-0.25, -0.2) is 0 Å². The Bertz CT molecular complexity index is 119. The summed E-state index contributed by atoms with van der Waals surface area (Å²) in [5, 5.41) is 0. The summed E-state index contributed by atoms with van der Waals surface area (Å²) in [5.74, 6) is 0. The van der Waals surface area contributed by atoms with Crippen LogP contribution in [0.3, 0.4) is 0 Å². The highest BCUT2D eigenvalue weighted by molar-refractivity contribution is 4.70. The van der Waals surface area contributed by atoms with Gasteiger partial charge in [0.2, 0.25) is 0 Å². The highest BCUT2D eigenvalue weighted by Crippen LogP contribution is 2.01. The molecule has 3 nitrogen and oxygen atoms in total. The molecule has 0 aromatic carbocycles. The minimum atomic E-state index is 0.897. The Kier molecular flexibility index (Phi) is 5.35. The number of hydrogen-bond acceptors (Lipinski definition) is 3. The second-order valence-corrected chi connectivity index (χ2v) is 3.62. The monoisotopic (exact) mass is 186 g/mol. The molecular weight excluding hydrogens is 164 g/mol. The fourth-order valence-corrected chi connectivity index (χ4v) is 1.76. The van der Waals surface area contributed by atoms with E-state index in [1.807, 2.05) is 0 Å². The molecule has 1 fully saturated rings. The van der Waals surface area contributed by atoms with Crippen LogP contribution in [0, 0.1) is 0 Å². The summed E-state index contributed by atoms with van der Waals surface area (Å²) in [6.45, 7) is 10.5. The first-order valence-electron chi connectivity index (χ1n) is 5.30. The van der Waals surface area contributed by atoms with E-state index in [0.717, 1.165) is 6.61 Å². The predicted octanol–water partition coefficient (Wildman–Crippen LogP) is 0.660. The lowest BCUT2D eigenvalue weighted by Gasteiger charge is -2.33. The zero-order valence-corrected chi connectivity index (χ0v) is 8.96. The molecule has 0 saturated carbocycles. The third-order valence-corrected chi connectivity index (χ3v) is 2.73. The van der Waals surface area contributed by atoms with Gasteiger partial charge in [0.15, 0.2) is 0 Å². The molecule has 1 aliphatic heterocycles. The lowest BCUT2D eigenvalue weighted by Crippen LogP contribution is -2.46. The van der Waals surface area contributed by atoms with Crippen molar-refractivity contribution in [1.82, 2.24) is 9.80 Å². The average Bonchev–Trinajstić information content (AvgIpc) is 2.19. The van der Waals surface area contributed by atoms with Gasteiger partial charge in [0.1, 0.15) is 0 Å². The Morgan fingerprint density at radius 1 is 1.08 bits per heavy atom. The molecule has 0 radical (unpaired) electrons. The number of hydrogen-bond donors (Lipinski definition) is 0. The zero-order valence-electron chi connectivity index (χ0n) is 8.96. The molecule has 0 spiro atoms. The predicted molar refractivity (Wildman–Crippen MR) is 55.0 cm³/mol. The molecule has 0 aromatic rings. The number of ether oxygens (including phenoxy) is 1. The van der Waals surface area contributed by atoms with Crippen molar-refractivity contribution in [3.8, 4) is 0 Å². The van der Waals surface area contributed by atoms with E-state index in [-0.39, 0.29) is 0 Å². The van der Waals surface area contributed by atoms with Crippen molar-refractivity contribution >= 4 is 0 Å². The Morgan fingerprint density at radius 3 is 2.23 bits per heavy atom. The van der Waals surface area contributed by atoms with E-state index in [0.29, 0.717) is 0 Å². The van der Waals surface area contributed by atoms with E-state index in [9.17, 15) is 0 Å². The van der Waals surface area contributed by atoms with E-state index < -0.39 is 0 Å². The minimum Gasteiger partial charge on any atom is -0.385 e. The van der Waals surface area contributed by atoms with Crippen molar-refractivity contribution in [2.45, 2.75) is 13.3 Å². The summed E-state index contributed by atoms with van der Waals surface area (Å²) < 4.78 is 5.04. The molecule has 1 rings (SSSR count). The number of methoxy groups -OCH3 is 1. The molecule has 0 amide bonds. The third-order valence-electron chi connectivity index (χ3n) is 2.73. The molecule has 0 aliphatic carbocycles. The van der Waals surface area contributed by atoms with Gasteiger partial charge < -0.3 is 14.5 Å². The second-order valence-electron chi connectivity index (χ2n) is 3.62. The van der Waals surface area contributed by atoms with Crippen LogP contribution in [0.5, 0.6) is 0 Å². The summed E-state index contributed by atoms with van der Waals surface area (Å²) in [5.41, 5.74) is 0. The standard InChI is InChI=1S/C10H22N2O/c1-3-11-6-8-12(9-7-11)5-4-10-13-2/h3-10H2,1-2H3. The van der Waals surface area contributed by atoms with Gasteiger partial charge in [0.05, 0.1) is 0 Å². The number of piperazine rings is 1. The lowest BCUT2D eigenvalue weighted by atomic mass is 10.3. The third kappa shape index (κ3) is 4.07. The maximum absolute atomic E-state index is 5.04. The molecule has 0 aromatic heterocycles. The van der Waals surface area contributed by atoms with Crippen LogP contribution < -0.4 is 0 Å². The van der Waals surface area contributed by atoms with Gasteiger partial charge >= 0.3 is 0 Å². The highest BCUT2D eigenvalue weighted by atomic mass is 16.5. The van der Waals surface area contributed by atoms with Gasteiger partial charge in [-0.2, -0.15) is 0 Å². The van der Waals surface area contributed by atoms with Crippen LogP contribution in [-0.4, -0.2) is 62.8 Å². The van der Waals surface area contributed by atoms with Gasteiger partial charge in [-0.05, 0) is 13.0 Å². The van der Waals surface area contributed by atoms with Crippen LogP contribution in [0.1, 0.15) is 13.3 Å². The molecule has 0 N–H and O–H groups in total. The Labute approximate surface area is 81.7 Å². The van der Waals surface area contributed by atoms with Crippen LogP contribution in [0.2, 0.25) is 0 Å². The SMILES string of the molecule is CCN1CCN(CCCOC)CC1. The molecule has 1 saturated heterocycles. The van der Waals surface area contributed by atoms with Crippen LogP contribution in [0.15, 0.2) is 0 Å². The van der Waals surface area contributed by atoms with Gasteiger partial charge in [-0.1, -0.05) is 6.92 Å². The normalized spacial score (nSPS) is 20.8. The summed E-state index contributed by atoms with van der Waals surface area (Å²) in [6, 6.07) is 0. The van der Waals surface area contributed by atoms with Gasteiger partial charge in [-0.15, -0.1) is 0 Å². The fraction of sp³-hybridized carbons (Fsp3) is 1.00. The Hall–Kier alpha value is -0.120. The van der Waals surface area contributed by atoms with Crippen LogP contribution >= 0.6 is 0 Å². The maximum Gasteiger partial charge on any atom is 0.0474 e. The van der Waals surface area contributed by atoms with E-state index in [1.54, 1.807) is 7.11 Å². The lowest BCUT2D eigenvalue weighted by molar-refractivity contribution is 0.120. The Morgan fingerprint density at radius 2 is 1.69 bits per heavy atom. The molecule has 13 heavy (non-hydrogen) atoms. The molecule has 0 unspecified atom stereocenters. The molecule has 78 valence electrons. The molecule has 3 heteroatoms. The van der Waals surface area contributed by atoms with Crippen molar-refractivity contribution in [1.29, 1.82) is 0 Å². The number of likely N-dealkylation sites (N-methyl/N-ethyl adjacent to an activating group) is 1. The topological polar surface area (TPSA) is 15.7 Å². The first-order valence-corrected chi connectivity index (χ1v) is 5.30. The molecule has 1 heterocycles. The maximum atomic E-state index is 5.04. The number of rotatable bonds is 5. The average molecular weight is 186 g/mol. The van der Waals surface area contributed by atoms with Crippen molar-refractivity contribution in [2.75, 3.05) is 53.0 Å². The van der Waals surface area contributed by atoms with E-state index >= 15 is 0 Å². The summed E-state index contributed by atoms with van der Waals surface area (Å²) >= 11 is 0. The van der Waals surface area contributed by atoms with Gasteiger partial charge in [-0.3, -0.25) is 0 Å². The van der Waals surface area contributed by atoms with Crippen molar-refractivity contribution in [3.63, 3.8) is 0 Å². The second kappa shape index (κ2) is 6.35. The van der Waals surface area contributed by atoms with Crippen molar-refractivity contribution < 1.29 is 4.74 Å². The molecular formula is C10H22N2O. The number of nitrogens with zero attached hydrogens (tertiary/aromatic N) is 2. The fourth-order valence-electron chi connectivity index (χ4n) is 1.76. The van der Waals surface area contributed by atoms with Gasteiger partial charge in [0, 0.05) is 46.4 Å². The van der Waals surface area contributed by atoms with Gasteiger partial charge in [0.25, 0.3) is 0 Å². The summed E-state index contributed by atoms with van der Waals surface area (Å²) in [7, 11) is 1.77. The smallest absolute Gasteiger partial charge is 0.0474 e. The zero-order chi connectivity index (χ0) is 9.52. The van der Waals surface area contributed by atoms with Crippen LogP contribution in [0.25, 0.3) is 0 Å². The quantitative estimate of drug-likeness (QED) is 0.587.